The second-order valence-electron chi connectivity index (χ2n) is 3.88. The van der Waals surface area contributed by atoms with Crippen molar-refractivity contribution in [3.05, 3.63) is 34.3 Å². The minimum atomic E-state index is 0.616. The van der Waals surface area contributed by atoms with Gasteiger partial charge in [0, 0.05) is 12.6 Å². The average Bonchev–Trinajstić information content (AvgIpc) is 2.82. The molecule has 0 radical (unpaired) electrons. The van der Waals surface area contributed by atoms with Crippen molar-refractivity contribution >= 4 is 17.2 Å². The number of aryl methyl sites for hydroxylation is 1. The molecule has 96 valence electrons. The molecule has 4 nitrogen and oxygen atoms in total. The summed E-state index contributed by atoms with van der Waals surface area (Å²) in [5.41, 5.74) is 1.35. The average molecular weight is 263 g/mol. The first kappa shape index (κ1) is 12.8. The number of anilines is 1. The van der Waals surface area contributed by atoms with Crippen molar-refractivity contribution in [2.45, 2.75) is 20.3 Å². The molecule has 2 heterocycles. The molecule has 0 aliphatic carbocycles. The summed E-state index contributed by atoms with van der Waals surface area (Å²) < 4.78 is 5.39. The Kier molecular flexibility index (Phi) is 4.52. The van der Waals surface area contributed by atoms with E-state index in [1.54, 1.807) is 11.3 Å². The van der Waals surface area contributed by atoms with Gasteiger partial charge < -0.3 is 10.1 Å². The number of hydrogen-bond donors (Lipinski definition) is 1. The number of nitrogens with one attached hydrogen (secondary N) is 1. The molecule has 0 unspecified atom stereocenters. The normalized spacial score (nSPS) is 10.3. The van der Waals surface area contributed by atoms with Crippen LogP contribution in [0.25, 0.3) is 0 Å². The molecule has 18 heavy (non-hydrogen) atoms. The Morgan fingerprint density at radius 2 is 2.28 bits per heavy atom. The molecule has 1 N–H and O–H groups in total. The van der Waals surface area contributed by atoms with Gasteiger partial charge in [-0.25, -0.2) is 4.98 Å². The Hall–Kier alpha value is -1.62. The number of ether oxygens (including phenoxy) is 1. The largest absolute Gasteiger partial charge is 0.478 e. The number of aromatic nitrogens is 2. The molecule has 0 aromatic carbocycles. The maximum atomic E-state index is 5.39. The molecule has 2 aromatic heterocycles. The monoisotopic (exact) mass is 263 g/mol. The van der Waals surface area contributed by atoms with E-state index in [-0.39, 0.29) is 0 Å². The number of thiophene rings is 1. The second-order valence-corrected chi connectivity index (χ2v) is 4.66. The van der Waals surface area contributed by atoms with Gasteiger partial charge >= 0.3 is 0 Å². The maximum absolute atomic E-state index is 5.39. The Labute approximate surface area is 111 Å². The van der Waals surface area contributed by atoms with Crippen molar-refractivity contribution in [3.8, 4) is 5.88 Å². The Balaban J connectivity index is 1.92. The summed E-state index contributed by atoms with van der Waals surface area (Å²) in [4.78, 5) is 8.55. The lowest BCUT2D eigenvalue weighted by molar-refractivity contribution is 0.325. The Bertz CT molecular complexity index is 485. The van der Waals surface area contributed by atoms with Crippen LogP contribution in [-0.2, 0) is 6.42 Å². The van der Waals surface area contributed by atoms with Gasteiger partial charge in [-0.05, 0) is 42.7 Å². The van der Waals surface area contributed by atoms with E-state index in [0.717, 1.165) is 24.6 Å². The predicted molar refractivity (Wildman–Crippen MR) is 74.5 cm³/mol. The molecule has 5 heteroatoms. The highest BCUT2D eigenvalue weighted by molar-refractivity contribution is 7.07. The van der Waals surface area contributed by atoms with Gasteiger partial charge in [0.1, 0.15) is 11.6 Å². The van der Waals surface area contributed by atoms with Crippen LogP contribution in [0.15, 0.2) is 22.9 Å². The van der Waals surface area contributed by atoms with Gasteiger partial charge in [0.2, 0.25) is 5.88 Å². The third kappa shape index (κ3) is 3.70. The van der Waals surface area contributed by atoms with Crippen molar-refractivity contribution in [3.63, 3.8) is 0 Å². The molecule has 0 saturated carbocycles. The Morgan fingerprint density at radius 1 is 1.39 bits per heavy atom. The van der Waals surface area contributed by atoms with Crippen LogP contribution in [0.3, 0.4) is 0 Å². The smallest absolute Gasteiger partial charge is 0.218 e. The second kappa shape index (κ2) is 6.35. The van der Waals surface area contributed by atoms with Crippen molar-refractivity contribution < 1.29 is 4.74 Å². The van der Waals surface area contributed by atoms with Crippen molar-refractivity contribution in [2.24, 2.45) is 0 Å². The summed E-state index contributed by atoms with van der Waals surface area (Å²) >= 11 is 1.72. The summed E-state index contributed by atoms with van der Waals surface area (Å²) in [5, 5.41) is 7.56. The highest BCUT2D eigenvalue weighted by Crippen LogP contribution is 2.13. The minimum absolute atomic E-state index is 0.616. The van der Waals surface area contributed by atoms with E-state index in [1.807, 2.05) is 19.9 Å². The third-order valence-corrected chi connectivity index (χ3v) is 3.14. The summed E-state index contributed by atoms with van der Waals surface area (Å²) in [6, 6.07) is 3.98. The first-order valence-electron chi connectivity index (χ1n) is 6.01. The number of hydrogen-bond acceptors (Lipinski definition) is 5. The fraction of sp³-hybridized carbons (Fsp3) is 0.385. The van der Waals surface area contributed by atoms with E-state index in [2.05, 4.69) is 32.1 Å². The molecule has 0 saturated heterocycles. The van der Waals surface area contributed by atoms with Crippen LogP contribution in [0, 0.1) is 6.92 Å². The first-order chi connectivity index (χ1) is 8.78. The fourth-order valence-electron chi connectivity index (χ4n) is 1.62. The summed E-state index contributed by atoms with van der Waals surface area (Å²) in [6.07, 6.45) is 0.997. The molecule has 0 aliphatic rings. The van der Waals surface area contributed by atoms with Crippen LogP contribution >= 0.6 is 11.3 Å². The fourth-order valence-corrected chi connectivity index (χ4v) is 2.33. The lowest BCUT2D eigenvalue weighted by Gasteiger charge is -2.08. The van der Waals surface area contributed by atoms with Crippen molar-refractivity contribution in [2.75, 3.05) is 18.5 Å². The molecule has 0 amide bonds. The van der Waals surface area contributed by atoms with Crippen molar-refractivity contribution in [1.29, 1.82) is 0 Å². The van der Waals surface area contributed by atoms with Gasteiger partial charge in [0.05, 0.1) is 6.61 Å². The van der Waals surface area contributed by atoms with Crippen LogP contribution in [0.2, 0.25) is 0 Å². The van der Waals surface area contributed by atoms with E-state index < -0.39 is 0 Å². The van der Waals surface area contributed by atoms with Crippen LogP contribution in [0.1, 0.15) is 18.3 Å². The van der Waals surface area contributed by atoms with E-state index in [4.69, 9.17) is 4.74 Å². The molecule has 0 fully saturated rings. The van der Waals surface area contributed by atoms with E-state index >= 15 is 0 Å². The molecule has 0 bridgehead atoms. The summed E-state index contributed by atoms with van der Waals surface area (Å²) in [7, 11) is 0. The predicted octanol–water partition coefficient (Wildman–Crippen LogP) is 2.90. The molecule has 0 spiro atoms. The lowest BCUT2D eigenvalue weighted by atomic mass is 10.2. The molecular formula is C13H17N3OS. The molecule has 2 rings (SSSR count). The third-order valence-electron chi connectivity index (χ3n) is 2.41. The quantitative estimate of drug-likeness (QED) is 0.870. The van der Waals surface area contributed by atoms with Crippen LogP contribution in [0.5, 0.6) is 5.88 Å². The van der Waals surface area contributed by atoms with E-state index in [9.17, 15) is 0 Å². The highest BCUT2D eigenvalue weighted by atomic mass is 32.1. The zero-order valence-electron chi connectivity index (χ0n) is 10.6. The van der Waals surface area contributed by atoms with Gasteiger partial charge in [-0.3, -0.25) is 0 Å². The zero-order chi connectivity index (χ0) is 12.8. The van der Waals surface area contributed by atoms with Crippen molar-refractivity contribution in [1.82, 2.24) is 9.97 Å². The standard InChI is InChI=1S/C13H17N3OS/c1-3-17-13-8-12(15-10(2)16-13)14-6-4-11-5-7-18-9-11/h5,7-9H,3-4,6H2,1-2H3,(H,14,15,16). The van der Waals surface area contributed by atoms with Gasteiger partial charge in [-0.2, -0.15) is 16.3 Å². The minimum Gasteiger partial charge on any atom is -0.478 e. The lowest BCUT2D eigenvalue weighted by Crippen LogP contribution is -2.08. The molecular weight excluding hydrogens is 246 g/mol. The molecule has 2 aromatic rings. The van der Waals surface area contributed by atoms with Gasteiger partial charge in [0.15, 0.2) is 0 Å². The number of nitrogens with zero attached hydrogens (tertiary/aromatic N) is 2. The zero-order valence-corrected chi connectivity index (χ0v) is 11.5. The topological polar surface area (TPSA) is 47.0 Å². The van der Waals surface area contributed by atoms with Gasteiger partial charge in [0.25, 0.3) is 0 Å². The first-order valence-corrected chi connectivity index (χ1v) is 6.95. The molecule has 0 aliphatic heterocycles. The summed E-state index contributed by atoms with van der Waals surface area (Å²) in [6.45, 7) is 5.29. The summed E-state index contributed by atoms with van der Waals surface area (Å²) in [5.74, 6) is 2.17. The van der Waals surface area contributed by atoms with Crippen LogP contribution in [-0.4, -0.2) is 23.1 Å². The highest BCUT2D eigenvalue weighted by Gasteiger charge is 2.02. The maximum Gasteiger partial charge on any atom is 0.218 e. The Morgan fingerprint density at radius 3 is 3.00 bits per heavy atom. The van der Waals surface area contributed by atoms with Crippen LogP contribution < -0.4 is 10.1 Å². The van der Waals surface area contributed by atoms with E-state index in [1.165, 1.54) is 5.56 Å². The van der Waals surface area contributed by atoms with Crippen LogP contribution in [0.4, 0.5) is 5.82 Å². The van der Waals surface area contributed by atoms with Gasteiger partial charge in [-0.1, -0.05) is 0 Å². The van der Waals surface area contributed by atoms with E-state index in [0.29, 0.717) is 12.5 Å². The number of rotatable bonds is 6. The SMILES string of the molecule is CCOc1cc(NCCc2ccsc2)nc(C)n1. The van der Waals surface area contributed by atoms with Gasteiger partial charge in [-0.15, -0.1) is 0 Å². The molecule has 0 atom stereocenters.